The molecule has 0 saturated heterocycles. The number of benzene rings is 2. The summed E-state index contributed by atoms with van der Waals surface area (Å²) in [5, 5.41) is 13.7. The van der Waals surface area contributed by atoms with Crippen LogP contribution >= 0.6 is 0 Å². The van der Waals surface area contributed by atoms with Gasteiger partial charge in [-0.2, -0.15) is 5.10 Å². The Hall–Kier alpha value is -2.62. The zero-order valence-corrected chi connectivity index (χ0v) is 15.3. The molecule has 25 heavy (non-hydrogen) atoms. The number of hydrazone groups is 1. The molecule has 0 aliphatic heterocycles. The molecule has 1 amide bonds. The maximum atomic E-state index is 12.0. The number of hydrogen-bond donors (Lipinski definition) is 2. The molecular formula is C21H26N2O2. The summed E-state index contributed by atoms with van der Waals surface area (Å²) in [4.78, 5) is 12.0. The van der Waals surface area contributed by atoms with Crippen molar-refractivity contribution in [1.29, 1.82) is 0 Å². The van der Waals surface area contributed by atoms with Gasteiger partial charge in [-0.05, 0) is 41.0 Å². The molecule has 4 nitrogen and oxygen atoms in total. The second kappa shape index (κ2) is 7.97. The van der Waals surface area contributed by atoms with Crippen molar-refractivity contribution in [2.75, 3.05) is 0 Å². The van der Waals surface area contributed by atoms with Crippen molar-refractivity contribution in [2.45, 2.75) is 39.5 Å². The Morgan fingerprint density at radius 2 is 1.80 bits per heavy atom. The van der Waals surface area contributed by atoms with Gasteiger partial charge in [0, 0.05) is 6.21 Å². The number of carbonyl (C=O) groups is 1. The molecule has 0 heterocycles. The highest BCUT2D eigenvalue weighted by Crippen LogP contribution is 2.22. The van der Waals surface area contributed by atoms with Crippen molar-refractivity contribution in [3.63, 3.8) is 0 Å². The Morgan fingerprint density at radius 1 is 1.16 bits per heavy atom. The molecule has 0 fully saturated rings. The smallest absolute Gasteiger partial charge is 0.275 e. The van der Waals surface area contributed by atoms with E-state index in [1.807, 2.05) is 6.92 Å². The van der Waals surface area contributed by atoms with E-state index in [1.165, 1.54) is 17.2 Å². The third-order valence-corrected chi connectivity index (χ3v) is 4.02. The molecule has 2 N–H and O–H groups in total. The van der Waals surface area contributed by atoms with Gasteiger partial charge in [-0.15, -0.1) is 0 Å². The van der Waals surface area contributed by atoms with Gasteiger partial charge in [-0.3, -0.25) is 4.79 Å². The highest BCUT2D eigenvalue weighted by Gasteiger charge is 2.13. The fourth-order valence-electron chi connectivity index (χ4n) is 2.51. The van der Waals surface area contributed by atoms with E-state index in [4.69, 9.17) is 0 Å². The molecule has 0 radical (unpaired) electrons. The summed E-state index contributed by atoms with van der Waals surface area (Å²) < 4.78 is 0. The van der Waals surface area contributed by atoms with Crippen LogP contribution in [-0.4, -0.2) is 17.2 Å². The standard InChI is InChI=1S/C21H26N2O2/c1-15(13-16-9-11-17(12-10-16)21(2,3)4)14-22-23-20(25)18-7-5-6-8-19(18)24/h5-12,14-15,24H,13H2,1-4H3,(H,23,25)/b22-14-/t15-/m1/s1. The van der Waals surface area contributed by atoms with Crippen molar-refractivity contribution >= 4 is 12.1 Å². The summed E-state index contributed by atoms with van der Waals surface area (Å²) in [6, 6.07) is 15.0. The average molecular weight is 338 g/mol. The quantitative estimate of drug-likeness (QED) is 0.631. The monoisotopic (exact) mass is 338 g/mol. The summed E-state index contributed by atoms with van der Waals surface area (Å²) in [7, 11) is 0. The third kappa shape index (κ3) is 5.45. The van der Waals surface area contributed by atoms with Crippen LogP contribution in [0.2, 0.25) is 0 Å². The lowest BCUT2D eigenvalue weighted by molar-refractivity contribution is 0.0952. The normalized spacial score (nSPS) is 13.0. The molecule has 0 aromatic heterocycles. The molecule has 0 aliphatic rings. The van der Waals surface area contributed by atoms with Gasteiger partial charge in [0.2, 0.25) is 0 Å². The molecule has 0 bridgehead atoms. The van der Waals surface area contributed by atoms with Crippen LogP contribution in [0.1, 0.15) is 49.2 Å². The van der Waals surface area contributed by atoms with Crippen LogP contribution in [0.15, 0.2) is 53.6 Å². The van der Waals surface area contributed by atoms with Crippen LogP contribution in [0.4, 0.5) is 0 Å². The van der Waals surface area contributed by atoms with Crippen LogP contribution in [0.25, 0.3) is 0 Å². The molecule has 0 aliphatic carbocycles. The molecule has 4 heteroatoms. The van der Waals surface area contributed by atoms with Crippen molar-refractivity contribution in [3.8, 4) is 5.75 Å². The number of nitrogens with one attached hydrogen (secondary N) is 1. The van der Waals surface area contributed by atoms with E-state index in [0.717, 1.165) is 6.42 Å². The average Bonchev–Trinajstić information content (AvgIpc) is 2.54. The van der Waals surface area contributed by atoms with Gasteiger partial charge < -0.3 is 5.11 Å². The summed E-state index contributed by atoms with van der Waals surface area (Å²) in [5.74, 6) is -0.288. The van der Waals surface area contributed by atoms with Crippen molar-refractivity contribution in [1.82, 2.24) is 5.43 Å². The van der Waals surface area contributed by atoms with E-state index in [1.54, 1.807) is 24.4 Å². The first-order valence-electron chi connectivity index (χ1n) is 8.48. The van der Waals surface area contributed by atoms with E-state index in [-0.39, 0.29) is 22.6 Å². The van der Waals surface area contributed by atoms with Crippen molar-refractivity contribution in [3.05, 3.63) is 65.2 Å². The predicted molar refractivity (Wildman–Crippen MR) is 102 cm³/mol. The van der Waals surface area contributed by atoms with E-state index in [0.29, 0.717) is 0 Å². The summed E-state index contributed by atoms with van der Waals surface area (Å²) >= 11 is 0. The summed E-state index contributed by atoms with van der Waals surface area (Å²) in [6.07, 6.45) is 2.57. The fourth-order valence-corrected chi connectivity index (χ4v) is 2.51. The first kappa shape index (κ1) is 18.7. The van der Waals surface area contributed by atoms with Crippen LogP contribution < -0.4 is 5.43 Å². The molecule has 2 aromatic rings. The Bertz CT molecular complexity index is 743. The van der Waals surface area contributed by atoms with Crippen molar-refractivity contribution in [2.24, 2.45) is 11.0 Å². The second-order valence-electron chi connectivity index (χ2n) is 7.36. The fraction of sp³-hybridized carbons (Fsp3) is 0.333. The molecule has 1 atom stereocenters. The maximum absolute atomic E-state index is 12.0. The summed E-state index contributed by atoms with van der Waals surface area (Å²) in [6.45, 7) is 8.65. The lowest BCUT2D eigenvalue weighted by Gasteiger charge is -2.19. The highest BCUT2D eigenvalue weighted by atomic mass is 16.3. The SMILES string of the molecule is C[C@@H](/C=N\NC(=O)c1ccccc1O)Cc1ccc(C(C)(C)C)cc1. The third-order valence-electron chi connectivity index (χ3n) is 4.02. The highest BCUT2D eigenvalue weighted by molar-refractivity contribution is 5.96. The molecule has 0 spiro atoms. The van der Waals surface area contributed by atoms with E-state index < -0.39 is 5.91 Å². The van der Waals surface area contributed by atoms with E-state index in [2.05, 4.69) is 55.6 Å². The topological polar surface area (TPSA) is 61.7 Å². The first-order chi connectivity index (χ1) is 11.8. The molecule has 132 valence electrons. The number of amides is 1. The number of carbonyl (C=O) groups excluding carboxylic acids is 1. The number of phenolic OH excluding ortho intramolecular Hbond substituents is 1. The van der Waals surface area contributed by atoms with Gasteiger partial charge in [-0.25, -0.2) is 5.43 Å². The van der Waals surface area contributed by atoms with Gasteiger partial charge in [0.15, 0.2) is 0 Å². The zero-order valence-electron chi connectivity index (χ0n) is 15.3. The first-order valence-corrected chi connectivity index (χ1v) is 8.48. The molecule has 0 saturated carbocycles. The van der Waals surface area contributed by atoms with Crippen LogP contribution in [0.3, 0.4) is 0 Å². The Balaban J connectivity index is 1.89. The minimum Gasteiger partial charge on any atom is -0.507 e. The summed E-state index contributed by atoms with van der Waals surface area (Å²) in [5.41, 5.74) is 5.37. The minimum atomic E-state index is -0.420. The lowest BCUT2D eigenvalue weighted by Crippen LogP contribution is -2.18. The number of nitrogens with zero attached hydrogens (tertiary/aromatic N) is 1. The largest absolute Gasteiger partial charge is 0.507 e. The number of para-hydroxylation sites is 1. The predicted octanol–water partition coefficient (Wildman–Crippen LogP) is 4.28. The van der Waals surface area contributed by atoms with Crippen molar-refractivity contribution < 1.29 is 9.90 Å². The van der Waals surface area contributed by atoms with E-state index in [9.17, 15) is 9.90 Å². The van der Waals surface area contributed by atoms with Gasteiger partial charge in [0.25, 0.3) is 5.91 Å². The van der Waals surface area contributed by atoms with Gasteiger partial charge in [0.1, 0.15) is 5.75 Å². The van der Waals surface area contributed by atoms with Crippen LogP contribution in [-0.2, 0) is 11.8 Å². The molecule has 2 rings (SSSR count). The Kier molecular flexibility index (Phi) is 5.97. The molecular weight excluding hydrogens is 312 g/mol. The van der Waals surface area contributed by atoms with Gasteiger partial charge in [-0.1, -0.05) is 64.1 Å². The lowest BCUT2D eigenvalue weighted by atomic mass is 9.86. The van der Waals surface area contributed by atoms with Crippen LogP contribution in [0.5, 0.6) is 5.75 Å². The second-order valence-corrected chi connectivity index (χ2v) is 7.36. The Morgan fingerprint density at radius 3 is 2.40 bits per heavy atom. The molecule has 2 aromatic carbocycles. The Labute approximate surface area is 149 Å². The number of hydrogen-bond acceptors (Lipinski definition) is 3. The number of aromatic hydroxyl groups is 1. The van der Waals surface area contributed by atoms with Gasteiger partial charge >= 0.3 is 0 Å². The zero-order chi connectivity index (χ0) is 18.4. The number of phenols is 1. The molecule has 0 unspecified atom stereocenters. The van der Waals surface area contributed by atoms with E-state index >= 15 is 0 Å². The van der Waals surface area contributed by atoms with Gasteiger partial charge in [0.05, 0.1) is 5.56 Å². The van der Waals surface area contributed by atoms with Crippen LogP contribution in [0, 0.1) is 5.92 Å². The number of rotatable bonds is 5. The maximum Gasteiger partial charge on any atom is 0.275 e. The minimum absolute atomic E-state index is 0.0535.